The van der Waals surface area contributed by atoms with Gasteiger partial charge in [0.25, 0.3) is 0 Å². The van der Waals surface area contributed by atoms with E-state index in [1.54, 1.807) is 14.2 Å². The average molecular weight is 351 g/mol. The van der Waals surface area contributed by atoms with Crippen LogP contribution in [0.5, 0.6) is 5.75 Å². The third-order valence-corrected chi connectivity index (χ3v) is 4.34. The molecule has 1 amide bonds. The molecule has 0 saturated carbocycles. The van der Waals surface area contributed by atoms with E-state index in [0.29, 0.717) is 13.0 Å². The van der Waals surface area contributed by atoms with Gasteiger partial charge in [0.15, 0.2) is 0 Å². The van der Waals surface area contributed by atoms with Gasteiger partial charge < -0.3 is 9.47 Å². The highest BCUT2D eigenvalue weighted by molar-refractivity contribution is 5.74. The molecule has 0 aliphatic rings. The molecule has 1 rings (SSSR count). The predicted octanol–water partition coefficient (Wildman–Crippen LogP) is 4.06. The minimum Gasteiger partial charge on any atom is -0.497 e. The lowest BCUT2D eigenvalue weighted by atomic mass is 9.83. The predicted molar refractivity (Wildman–Crippen MR) is 99.2 cm³/mol. The van der Waals surface area contributed by atoms with E-state index in [-0.39, 0.29) is 23.3 Å². The van der Waals surface area contributed by atoms with E-state index in [4.69, 9.17) is 14.3 Å². The molecule has 0 radical (unpaired) electrons. The Morgan fingerprint density at radius 3 is 2.24 bits per heavy atom. The van der Waals surface area contributed by atoms with Crippen molar-refractivity contribution in [2.24, 2.45) is 11.3 Å². The summed E-state index contributed by atoms with van der Waals surface area (Å²) in [5.41, 5.74) is 1.11. The Kier molecular flexibility index (Phi) is 8.39. The van der Waals surface area contributed by atoms with Crippen molar-refractivity contribution in [3.63, 3.8) is 0 Å². The number of ether oxygens (including phenoxy) is 2. The van der Waals surface area contributed by atoms with Crippen molar-refractivity contribution in [2.45, 2.75) is 53.2 Å². The van der Waals surface area contributed by atoms with Gasteiger partial charge in [0.2, 0.25) is 5.91 Å². The first-order valence-electron chi connectivity index (χ1n) is 8.72. The first-order chi connectivity index (χ1) is 11.7. The minimum atomic E-state index is -0.0159. The first-order valence-corrected chi connectivity index (χ1v) is 8.72. The zero-order valence-electron chi connectivity index (χ0n) is 16.7. The third kappa shape index (κ3) is 7.45. The Morgan fingerprint density at radius 1 is 1.16 bits per heavy atom. The first kappa shape index (κ1) is 21.5. The molecule has 5 nitrogen and oxygen atoms in total. The Labute approximate surface area is 152 Å². The molecule has 0 bridgehead atoms. The van der Waals surface area contributed by atoms with Gasteiger partial charge in [0.1, 0.15) is 5.75 Å². The normalized spacial score (nSPS) is 14.0. The summed E-state index contributed by atoms with van der Waals surface area (Å²) in [6.07, 6.45) is 1.33. The third-order valence-electron chi connectivity index (χ3n) is 4.34. The van der Waals surface area contributed by atoms with Crippen LogP contribution in [0.3, 0.4) is 0 Å². The van der Waals surface area contributed by atoms with Gasteiger partial charge in [-0.2, -0.15) is 0 Å². The summed E-state index contributed by atoms with van der Waals surface area (Å²) in [5, 5.41) is 1.28. The van der Waals surface area contributed by atoms with Gasteiger partial charge in [0.05, 0.1) is 26.9 Å². The summed E-state index contributed by atoms with van der Waals surface area (Å²) in [6.45, 7) is 9.13. The van der Waals surface area contributed by atoms with Crippen molar-refractivity contribution in [3.8, 4) is 5.75 Å². The van der Waals surface area contributed by atoms with E-state index in [9.17, 15) is 4.79 Å². The molecule has 0 aliphatic carbocycles. The van der Waals surface area contributed by atoms with Gasteiger partial charge >= 0.3 is 0 Å². The number of rotatable bonds is 9. The summed E-state index contributed by atoms with van der Waals surface area (Å²) >= 11 is 0. The van der Waals surface area contributed by atoms with Crippen LogP contribution in [0, 0.1) is 11.3 Å². The SMILES string of the molecule is COc1ccc(CO[C@@H](C[C@@H](C)CC(=O)N(C)OC)C(C)(C)C)cc1. The zero-order valence-corrected chi connectivity index (χ0v) is 16.7. The molecule has 0 heterocycles. The Morgan fingerprint density at radius 2 is 1.76 bits per heavy atom. The van der Waals surface area contributed by atoms with Crippen LogP contribution in [0.25, 0.3) is 0 Å². The fourth-order valence-electron chi connectivity index (χ4n) is 2.57. The second kappa shape index (κ2) is 9.78. The number of benzene rings is 1. The van der Waals surface area contributed by atoms with Crippen LogP contribution in [0.1, 0.15) is 46.1 Å². The highest BCUT2D eigenvalue weighted by atomic mass is 16.7. The summed E-state index contributed by atoms with van der Waals surface area (Å²) in [7, 11) is 4.79. The van der Waals surface area contributed by atoms with Crippen molar-refractivity contribution in [1.82, 2.24) is 5.06 Å². The van der Waals surface area contributed by atoms with E-state index in [0.717, 1.165) is 17.7 Å². The smallest absolute Gasteiger partial charge is 0.246 e. The number of hydrogen-bond donors (Lipinski definition) is 0. The number of hydrogen-bond acceptors (Lipinski definition) is 4. The van der Waals surface area contributed by atoms with Crippen LogP contribution in [-0.4, -0.2) is 38.3 Å². The molecule has 0 spiro atoms. The van der Waals surface area contributed by atoms with Crippen molar-refractivity contribution < 1.29 is 19.1 Å². The van der Waals surface area contributed by atoms with Crippen LogP contribution < -0.4 is 4.74 Å². The van der Waals surface area contributed by atoms with E-state index < -0.39 is 0 Å². The lowest BCUT2D eigenvalue weighted by Gasteiger charge is -2.33. The van der Waals surface area contributed by atoms with E-state index in [1.807, 2.05) is 24.3 Å². The molecule has 25 heavy (non-hydrogen) atoms. The highest BCUT2D eigenvalue weighted by Gasteiger charge is 2.28. The maximum absolute atomic E-state index is 12.0. The molecule has 1 aromatic rings. The number of carbonyl (C=O) groups excluding carboxylic acids is 1. The van der Waals surface area contributed by atoms with Crippen molar-refractivity contribution >= 4 is 5.91 Å². The maximum atomic E-state index is 12.0. The molecular formula is C20H33NO4. The number of hydroxylamine groups is 2. The molecule has 0 N–H and O–H groups in total. The fourth-order valence-corrected chi connectivity index (χ4v) is 2.57. The molecule has 5 heteroatoms. The number of nitrogens with zero attached hydrogens (tertiary/aromatic N) is 1. The van der Waals surface area contributed by atoms with Gasteiger partial charge in [-0.3, -0.25) is 9.63 Å². The molecule has 0 aliphatic heterocycles. The molecule has 142 valence electrons. The largest absolute Gasteiger partial charge is 0.497 e. The second-order valence-electron chi connectivity index (χ2n) is 7.63. The van der Waals surface area contributed by atoms with Crippen LogP contribution in [0.2, 0.25) is 0 Å². The van der Waals surface area contributed by atoms with Crippen LogP contribution in [-0.2, 0) is 21.0 Å². The standard InChI is InChI=1S/C20H33NO4/c1-15(13-19(22)21(5)24-7)12-18(20(2,3)4)25-14-16-8-10-17(23-6)11-9-16/h8-11,15,18H,12-14H2,1-7H3/t15-,18+/m1/s1. The van der Waals surface area contributed by atoms with E-state index in [1.165, 1.54) is 12.2 Å². The molecule has 0 aromatic heterocycles. The average Bonchev–Trinajstić information content (AvgIpc) is 2.57. The Bertz CT molecular complexity index is 521. The zero-order chi connectivity index (χ0) is 19.0. The van der Waals surface area contributed by atoms with Crippen molar-refractivity contribution in [3.05, 3.63) is 29.8 Å². The Balaban J connectivity index is 2.63. The second-order valence-corrected chi connectivity index (χ2v) is 7.63. The molecule has 0 unspecified atom stereocenters. The fraction of sp³-hybridized carbons (Fsp3) is 0.650. The summed E-state index contributed by atoms with van der Waals surface area (Å²) in [6, 6.07) is 7.90. The molecule has 0 saturated heterocycles. The molecule has 1 aromatic carbocycles. The summed E-state index contributed by atoms with van der Waals surface area (Å²) in [5.74, 6) is 1.04. The van der Waals surface area contributed by atoms with Gasteiger partial charge in [0, 0.05) is 13.5 Å². The minimum absolute atomic E-state index is 0.00304. The molecular weight excluding hydrogens is 318 g/mol. The van der Waals surface area contributed by atoms with Gasteiger partial charge in [-0.15, -0.1) is 0 Å². The lowest BCUT2D eigenvalue weighted by molar-refractivity contribution is -0.170. The number of carbonyl (C=O) groups is 1. The van der Waals surface area contributed by atoms with Gasteiger partial charge in [-0.25, -0.2) is 5.06 Å². The van der Waals surface area contributed by atoms with Crippen LogP contribution >= 0.6 is 0 Å². The van der Waals surface area contributed by atoms with E-state index in [2.05, 4.69) is 27.7 Å². The summed E-state index contributed by atoms with van der Waals surface area (Å²) in [4.78, 5) is 17.0. The van der Waals surface area contributed by atoms with Crippen LogP contribution in [0.15, 0.2) is 24.3 Å². The van der Waals surface area contributed by atoms with Crippen LogP contribution in [0.4, 0.5) is 0 Å². The topological polar surface area (TPSA) is 48.0 Å². The molecule has 0 fully saturated rings. The monoisotopic (exact) mass is 351 g/mol. The highest BCUT2D eigenvalue weighted by Crippen LogP contribution is 2.30. The number of amides is 1. The van der Waals surface area contributed by atoms with E-state index >= 15 is 0 Å². The quantitative estimate of drug-likeness (QED) is 0.630. The molecule has 2 atom stereocenters. The lowest BCUT2D eigenvalue weighted by Crippen LogP contribution is -2.33. The Hall–Kier alpha value is -1.59. The van der Waals surface area contributed by atoms with Crippen molar-refractivity contribution in [2.75, 3.05) is 21.3 Å². The number of methoxy groups -OCH3 is 1. The maximum Gasteiger partial charge on any atom is 0.246 e. The van der Waals surface area contributed by atoms with Gasteiger partial charge in [-0.05, 0) is 35.4 Å². The van der Waals surface area contributed by atoms with Gasteiger partial charge in [-0.1, -0.05) is 39.8 Å². The van der Waals surface area contributed by atoms with Crippen molar-refractivity contribution in [1.29, 1.82) is 0 Å². The summed E-state index contributed by atoms with van der Waals surface area (Å²) < 4.78 is 11.4.